The number of carbonyl (C=O) groups is 2. The number of rotatable bonds is 13. The lowest BCUT2D eigenvalue weighted by Gasteiger charge is -2.30. The van der Waals surface area contributed by atoms with Crippen LogP contribution in [0.3, 0.4) is 0 Å². The van der Waals surface area contributed by atoms with Crippen LogP contribution in [0.2, 0.25) is 0 Å². The van der Waals surface area contributed by atoms with Crippen LogP contribution in [0.15, 0.2) is 0 Å². The Labute approximate surface area is 133 Å². The van der Waals surface area contributed by atoms with Gasteiger partial charge in [0.25, 0.3) is 0 Å². The van der Waals surface area contributed by atoms with Gasteiger partial charge in [-0.05, 0) is 6.42 Å². The van der Waals surface area contributed by atoms with Gasteiger partial charge in [-0.15, -0.1) is 0 Å². The molecule has 0 saturated carbocycles. The van der Waals surface area contributed by atoms with Crippen LogP contribution in [-0.4, -0.2) is 56.3 Å². The Balaban J connectivity index is 3.70. The van der Waals surface area contributed by atoms with Crippen LogP contribution in [0, 0.1) is 0 Å². The van der Waals surface area contributed by atoms with Crippen molar-refractivity contribution in [3.8, 4) is 0 Å². The van der Waals surface area contributed by atoms with Crippen molar-refractivity contribution in [1.82, 2.24) is 5.32 Å². The van der Waals surface area contributed by atoms with E-state index in [1.165, 1.54) is 0 Å². The summed E-state index contributed by atoms with van der Waals surface area (Å²) in [5.41, 5.74) is 0. The van der Waals surface area contributed by atoms with E-state index in [0.29, 0.717) is 30.4 Å². The van der Waals surface area contributed by atoms with Crippen LogP contribution in [0.5, 0.6) is 0 Å². The SMILES string of the molecule is CCCCCCC(F)CC(=O)NCCC[N+](C)(C)CC(=O)[O-]. The summed E-state index contributed by atoms with van der Waals surface area (Å²) in [4.78, 5) is 22.2. The second-order valence-electron chi connectivity index (χ2n) is 6.54. The standard InChI is InChI=1S/C16H31FN2O3/c1-4-5-6-7-9-14(17)12-15(20)18-10-8-11-19(2,3)13-16(21)22/h14H,4-13H2,1-3H3,(H-,18,20,21,22). The fourth-order valence-corrected chi connectivity index (χ4v) is 2.33. The molecule has 0 bridgehead atoms. The second kappa shape index (κ2) is 11.4. The molecule has 0 aromatic heterocycles. The van der Waals surface area contributed by atoms with Crippen molar-refractivity contribution in [3.05, 3.63) is 0 Å². The summed E-state index contributed by atoms with van der Waals surface area (Å²) in [7, 11) is 3.59. The third-order valence-electron chi connectivity index (χ3n) is 3.60. The summed E-state index contributed by atoms with van der Waals surface area (Å²) in [6.07, 6.45) is 4.03. The van der Waals surface area contributed by atoms with E-state index in [-0.39, 0.29) is 18.9 Å². The van der Waals surface area contributed by atoms with Gasteiger partial charge in [0.2, 0.25) is 5.91 Å². The largest absolute Gasteiger partial charge is 0.544 e. The first-order valence-electron chi connectivity index (χ1n) is 8.19. The van der Waals surface area contributed by atoms with E-state index in [0.717, 1.165) is 25.7 Å². The van der Waals surface area contributed by atoms with Crippen LogP contribution in [0.4, 0.5) is 4.39 Å². The highest BCUT2D eigenvalue weighted by atomic mass is 19.1. The van der Waals surface area contributed by atoms with Crippen LogP contribution in [-0.2, 0) is 9.59 Å². The monoisotopic (exact) mass is 318 g/mol. The van der Waals surface area contributed by atoms with Gasteiger partial charge in [-0.2, -0.15) is 0 Å². The predicted molar refractivity (Wildman–Crippen MR) is 82.7 cm³/mol. The summed E-state index contributed by atoms with van der Waals surface area (Å²) in [6, 6.07) is 0. The predicted octanol–water partition coefficient (Wildman–Crippen LogP) is 1.02. The number of likely N-dealkylation sites (N-methyl/N-ethyl adjacent to an activating group) is 1. The van der Waals surface area contributed by atoms with Gasteiger partial charge < -0.3 is 19.7 Å². The minimum atomic E-state index is -1.09. The second-order valence-corrected chi connectivity index (χ2v) is 6.54. The van der Waals surface area contributed by atoms with Crippen molar-refractivity contribution >= 4 is 11.9 Å². The van der Waals surface area contributed by atoms with E-state index in [4.69, 9.17) is 0 Å². The Morgan fingerprint density at radius 3 is 2.45 bits per heavy atom. The molecule has 0 spiro atoms. The molecule has 0 aromatic carbocycles. The van der Waals surface area contributed by atoms with E-state index >= 15 is 0 Å². The Bertz CT molecular complexity index is 335. The number of carboxylic acids is 1. The van der Waals surface area contributed by atoms with E-state index in [9.17, 15) is 19.1 Å². The molecular weight excluding hydrogens is 287 g/mol. The topological polar surface area (TPSA) is 69.2 Å². The van der Waals surface area contributed by atoms with Crippen LogP contribution in [0.1, 0.15) is 51.9 Å². The maximum absolute atomic E-state index is 13.6. The first-order chi connectivity index (χ1) is 10.3. The third-order valence-corrected chi connectivity index (χ3v) is 3.60. The van der Waals surface area contributed by atoms with Gasteiger partial charge >= 0.3 is 0 Å². The smallest absolute Gasteiger partial charge is 0.222 e. The zero-order chi connectivity index (χ0) is 17.0. The first kappa shape index (κ1) is 20.8. The lowest BCUT2D eigenvalue weighted by atomic mass is 10.1. The molecule has 0 aliphatic heterocycles. The molecule has 0 aliphatic rings. The fourth-order valence-electron chi connectivity index (χ4n) is 2.33. The number of hydrogen-bond donors (Lipinski definition) is 1. The average molecular weight is 318 g/mol. The highest BCUT2D eigenvalue weighted by Gasteiger charge is 2.15. The maximum atomic E-state index is 13.6. The normalized spacial score (nSPS) is 12.9. The van der Waals surface area contributed by atoms with Crippen LogP contribution < -0.4 is 10.4 Å². The van der Waals surface area contributed by atoms with Gasteiger partial charge in [0.15, 0.2) is 0 Å². The number of alkyl halides is 1. The molecule has 6 heteroatoms. The number of hydrogen-bond acceptors (Lipinski definition) is 3. The molecule has 1 atom stereocenters. The lowest BCUT2D eigenvalue weighted by molar-refractivity contribution is -0.884. The Morgan fingerprint density at radius 1 is 1.18 bits per heavy atom. The lowest BCUT2D eigenvalue weighted by Crippen LogP contribution is -2.49. The number of nitrogens with zero attached hydrogens (tertiary/aromatic N) is 1. The number of aliphatic carboxylic acids is 1. The van der Waals surface area contributed by atoms with Crippen molar-refractivity contribution < 1.29 is 23.6 Å². The molecule has 1 unspecified atom stereocenters. The molecule has 0 aromatic rings. The highest BCUT2D eigenvalue weighted by Crippen LogP contribution is 2.11. The number of amides is 1. The van der Waals surface area contributed by atoms with E-state index in [2.05, 4.69) is 12.2 Å². The van der Waals surface area contributed by atoms with E-state index in [1.54, 1.807) is 14.1 Å². The van der Waals surface area contributed by atoms with Crippen LogP contribution in [0.25, 0.3) is 0 Å². The van der Waals surface area contributed by atoms with E-state index in [1.807, 2.05) is 0 Å². The average Bonchev–Trinajstić information content (AvgIpc) is 2.38. The van der Waals surface area contributed by atoms with Gasteiger partial charge in [-0.3, -0.25) is 4.79 Å². The first-order valence-corrected chi connectivity index (χ1v) is 8.19. The van der Waals surface area contributed by atoms with E-state index < -0.39 is 12.1 Å². The minimum absolute atomic E-state index is 0.0573. The van der Waals surface area contributed by atoms with Gasteiger partial charge in [-0.25, -0.2) is 4.39 Å². The fraction of sp³-hybridized carbons (Fsp3) is 0.875. The molecule has 1 amide bonds. The number of unbranched alkanes of at least 4 members (excludes halogenated alkanes) is 3. The summed E-state index contributed by atoms with van der Waals surface area (Å²) in [6.45, 7) is 3.10. The zero-order valence-electron chi connectivity index (χ0n) is 14.2. The molecule has 22 heavy (non-hydrogen) atoms. The molecule has 0 heterocycles. The molecule has 0 fully saturated rings. The van der Waals surface area contributed by atoms with Crippen molar-refractivity contribution in [2.75, 3.05) is 33.7 Å². The van der Waals surface area contributed by atoms with Crippen molar-refractivity contribution in [1.29, 1.82) is 0 Å². The van der Waals surface area contributed by atoms with Gasteiger partial charge in [0.1, 0.15) is 12.7 Å². The molecule has 5 nitrogen and oxygen atoms in total. The molecular formula is C16H31FN2O3. The molecule has 0 aliphatic carbocycles. The molecule has 130 valence electrons. The van der Waals surface area contributed by atoms with Gasteiger partial charge in [0.05, 0.1) is 33.0 Å². The van der Waals surface area contributed by atoms with Crippen molar-refractivity contribution in [2.45, 2.75) is 58.0 Å². The molecule has 1 N–H and O–H groups in total. The summed E-state index contributed by atoms with van der Waals surface area (Å²) in [5.74, 6) is -1.36. The number of carbonyl (C=O) groups excluding carboxylic acids is 2. The zero-order valence-corrected chi connectivity index (χ0v) is 14.2. The van der Waals surface area contributed by atoms with Gasteiger partial charge in [-0.1, -0.05) is 32.6 Å². The Kier molecular flexibility index (Phi) is 10.8. The van der Waals surface area contributed by atoms with Crippen molar-refractivity contribution in [3.63, 3.8) is 0 Å². The quantitative estimate of drug-likeness (QED) is 0.407. The van der Waals surface area contributed by atoms with Crippen molar-refractivity contribution in [2.24, 2.45) is 0 Å². The number of halogens is 1. The molecule has 0 radical (unpaired) electrons. The number of nitrogens with one attached hydrogen (secondary N) is 1. The number of carboxylic acid groups (broad SMARTS) is 1. The molecule has 0 rings (SSSR count). The summed E-state index contributed by atoms with van der Waals surface area (Å²) >= 11 is 0. The third kappa shape index (κ3) is 12.6. The molecule has 0 saturated heterocycles. The highest BCUT2D eigenvalue weighted by molar-refractivity contribution is 5.76. The summed E-state index contributed by atoms with van der Waals surface area (Å²) < 4.78 is 13.9. The Morgan fingerprint density at radius 2 is 1.86 bits per heavy atom. The minimum Gasteiger partial charge on any atom is -0.544 e. The summed E-state index contributed by atoms with van der Waals surface area (Å²) in [5, 5.41) is 13.3. The Hall–Kier alpha value is -1.17. The number of quaternary nitrogens is 1. The van der Waals surface area contributed by atoms with Gasteiger partial charge in [0, 0.05) is 13.0 Å². The maximum Gasteiger partial charge on any atom is 0.222 e. The van der Waals surface area contributed by atoms with Crippen LogP contribution >= 0.6 is 0 Å².